The van der Waals surface area contributed by atoms with E-state index in [0.29, 0.717) is 5.69 Å². The number of Topliss-reactive ketones (excluding diaryl/α,β-unsaturated/α-hetero) is 1. The molecule has 27 heavy (non-hydrogen) atoms. The van der Waals surface area contributed by atoms with Crippen molar-refractivity contribution in [2.24, 2.45) is 0 Å². The summed E-state index contributed by atoms with van der Waals surface area (Å²) >= 11 is 0.974. The number of carbonyl (C=O) groups is 1. The van der Waals surface area contributed by atoms with Crippen molar-refractivity contribution < 1.29 is 27.1 Å². The molecule has 3 aromatic rings. The predicted molar refractivity (Wildman–Crippen MR) is 87.3 cm³/mol. The minimum atomic E-state index is -4.79. The van der Waals surface area contributed by atoms with Crippen LogP contribution in [0.1, 0.15) is 10.4 Å². The Bertz CT molecular complexity index is 944. The van der Waals surface area contributed by atoms with Gasteiger partial charge in [0.15, 0.2) is 5.78 Å². The van der Waals surface area contributed by atoms with Gasteiger partial charge >= 0.3 is 6.36 Å². The third-order valence-electron chi connectivity index (χ3n) is 3.26. The van der Waals surface area contributed by atoms with Gasteiger partial charge in [0.2, 0.25) is 5.16 Å². The standard InChI is InChI=1S/C16H10F4N4O2S/c17-13-4-2-1-3-12(13)14(25)9-27-15-21-22-23-24(15)10-5-7-11(8-6-10)26-16(18,19)20/h1-8H,9H2. The van der Waals surface area contributed by atoms with Gasteiger partial charge in [-0.25, -0.2) is 4.39 Å². The Morgan fingerprint density at radius 2 is 1.81 bits per heavy atom. The van der Waals surface area contributed by atoms with Gasteiger partial charge in [-0.2, -0.15) is 4.68 Å². The van der Waals surface area contributed by atoms with Gasteiger partial charge in [0.1, 0.15) is 11.6 Å². The number of ketones is 1. The van der Waals surface area contributed by atoms with Crippen LogP contribution in [-0.2, 0) is 0 Å². The lowest BCUT2D eigenvalue weighted by atomic mass is 10.1. The summed E-state index contributed by atoms with van der Waals surface area (Å²) in [5, 5.41) is 11.2. The number of hydrogen-bond donors (Lipinski definition) is 0. The molecular weight excluding hydrogens is 388 g/mol. The summed E-state index contributed by atoms with van der Waals surface area (Å²) in [6.07, 6.45) is -4.79. The minimum absolute atomic E-state index is 0.0438. The van der Waals surface area contributed by atoms with E-state index in [0.717, 1.165) is 23.9 Å². The quantitative estimate of drug-likeness (QED) is 0.359. The highest BCUT2D eigenvalue weighted by atomic mass is 32.2. The van der Waals surface area contributed by atoms with Crippen LogP contribution in [0.25, 0.3) is 5.69 Å². The van der Waals surface area contributed by atoms with E-state index in [-0.39, 0.29) is 22.2 Å². The molecule has 0 bridgehead atoms. The maximum Gasteiger partial charge on any atom is 0.573 e. The van der Waals surface area contributed by atoms with Crippen molar-refractivity contribution in [1.29, 1.82) is 0 Å². The number of halogens is 4. The average molecular weight is 398 g/mol. The zero-order chi connectivity index (χ0) is 19.4. The molecule has 2 aromatic carbocycles. The van der Waals surface area contributed by atoms with Crippen molar-refractivity contribution in [3.8, 4) is 11.4 Å². The first-order valence-electron chi connectivity index (χ1n) is 7.38. The molecule has 0 saturated heterocycles. The Kier molecular flexibility index (Phi) is 5.40. The molecule has 0 fully saturated rings. The summed E-state index contributed by atoms with van der Waals surface area (Å²) in [4.78, 5) is 12.1. The van der Waals surface area contributed by atoms with E-state index in [1.165, 1.54) is 35.0 Å². The number of benzene rings is 2. The number of nitrogens with zero attached hydrogens (tertiary/aromatic N) is 4. The highest BCUT2D eigenvalue weighted by molar-refractivity contribution is 7.99. The number of thioether (sulfide) groups is 1. The van der Waals surface area contributed by atoms with Crippen LogP contribution in [0.2, 0.25) is 0 Å². The third kappa shape index (κ3) is 4.82. The van der Waals surface area contributed by atoms with Crippen molar-refractivity contribution in [2.45, 2.75) is 11.5 Å². The summed E-state index contributed by atoms with van der Waals surface area (Å²) in [5.74, 6) is -1.57. The average Bonchev–Trinajstić information content (AvgIpc) is 3.08. The SMILES string of the molecule is O=C(CSc1nnnn1-c1ccc(OC(F)(F)F)cc1)c1ccccc1F. The van der Waals surface area contributed by atoms with E-state index in [1.807, 2.05) is 0 Å². The van der Waals surface area contributed by atoms with E-state index >= 15 is 0 Å². The molecule has 1 aromatic heterocycles. The number of aromatic nitrogens is 4. The first-order valence-corrected chi connectivity index (χ1v) is 8.37. The van der Waals surface area contributed by atoms with Gasteiger partial charge in [0.05, 0.1) is 17.0 Å². The van der Waals surface area contributed by atoms with Crippen LogP contribution >= 0.6 is 11.8 Å². The van der Waals surface area contributed by atoms with Gasteiger partial charge in [-0.05, 0) is 46.8 Å². The molecule has 0 amide bonds. The van der Waals surface area contributed by atoms with Crippen LogP contribution in [-0.4, -0.2) is 38.1 Å². The molecular formula is C16H10F4N4O2S. The molecule has 0 radical (unpaired) electrons. The van der Waals surface area contributed by atoms with Crippen LogP contribution in [0, 0.1) is 5.82 Å². The van der Waals surface area contributed by atoms with E-state index in [1.54, 1.807) is 6.07 Å². The summed E-state index contributed by atoms with van der Waals surface area (Å²) < 4.78 is 55.3. The molecule has 0 unspecified atom stereocenters. The molecule has 3 rings (SSSR count). The van der Waals surface area contributed by atoms with E-state index in [4.69, 9.17) is 0 Å². The Labute approximate surface area is 154 Å². The summed E-state index contributed by atoms with van der Waals surface area (Å²) in [6, 6.07) is 10.5. The molecule has 140 valence electrons. The summed E-state index contributed by atoms with van der Waals surface area (Å²) in [5.41, 5.74) is 0.327. The molecule has 0 N–H and O–H groups in total. The lowest BCUT2D eigenvalue weighted by Crippen LogP contribution is -2.17. The number of hydrogen-bond acceptors (Lipinski definition) is 6. The summed E-state index contributed by atoms with van der Waals surface area (Å²) in [7, 11) is 0. The van der Waals surface area contributed by atoms with E-state index < -0.39 is 18.0 Å². The maximum atomic E-state index is 13.6. The highest BCUT2D eigenvalue weighted by Gasteiger charge is 2.31. The number of tetrazole rings is 1. The second-order valence-corrected chi connectivity index (χ2v) is 6.05. The second-order valence-electron chi connectivity index (χ2n) is 5.11. The maximum absolute atomic E-state index is 13.6. The smallest absolute Gasteiger partial charge is 0.406 e. The van der Waals surface area contributed by atoms with Gasteiger partial charge in [0.25, 0.3) is 0 Å². The Morgan fingerprint density at radius 1 is 1.11 bits per heavy atom. The highest BCUT2D eigenvalue weighted by Crippen LogP contribution is 2.25. The van der Waals surface area contributed by atoms with Crippen LogP contribution < -0.4 is 4.74 Å². The van der Waals surface area contributed by atoms with Gasteiger partial charge in [-0.1, -0.05) is 23.9 Å². The van der Waals surface area contributed by atoms with E-state index in [9.17, 15) is 22.4 Å². The predicted octanol–water partition coefficient (Wildman–Crippen LogP) is 3.68. The van der Waals surface area contributed by atoms with Crippen LogP contribution in [0.3, 0.4) is 0 Å². The molecule has 1 heterocycles. The lowest BCUT2D eigenvalue weighted by Gasteiger charge is -2.09. The molecule has 0 atom stereocenters. The van der Waals surface area contributed by atoms with Gasteiger partial charge in [-0.15, -0.1) is 18.3 Å². The Hall–Kier alpha value is -2.95. The molecule has 0 spiro atoms. The number of carbonyl (C=O) groups excluding carboxylic acids is 1. The normalized spacial score (nSPS) is 11.4. The molecule has 0 aliphatic carbocycles. The molecule has 11 heteroatoms. The largest absolute Gasteiger partial charge is 0.573 e. The van der Waals surface area contributed by atoms with Crippen molar-refractivity contribution in [1.82, 2.24) is 20.2 Å². The third-order valence-corrected chi connectivity index (χ3v) is 4.18. The van der Waals surface area contributed by atoms with E-state index in [2.05, 4.69) is 20.3 Å². The summed E-state index contributed by atoms with van der Waals surface area (Å²) in [6.45, 7) is 0. The Morgan fingerprint density at radius 3 is 2.48 bits per heavy atom. The van der Waals surface area contributed by atoms with Crippen molar-refractivity contribution in [3.05, 3.63) is 59.9 Å². The molecule has 0 saturated carbocycles. The zero-order valence-electron chi connectivity index (χ0n) is 13.4. The second kappa shape index (κ2) is 7.74. The molecule has 0 aliphatic rings. The van der Waals surface area contributed by atoms with Crippen molar-refractivity contribution >= 4 is 17.5 Å². The number of ether oxygens (including phenoxy) is 1. The fourth-order valence-corrected chi connectivity index (χ4v) is 2.89. The van der Waals surface area contributed by atoms with Crippen LogP contribution in [0.15, 0.2) is 53.7 Å². The topological polar surface area (TPSA) is 69.9 Å². The van der Waals surface area contributed by atoms with Crippen molar-refractivity contribution in [2.75, 3.05) is 5.75 Å². The molecule has 6 nitrogen and oxygen atoms in total. The zero-order valence-corrected chi connectivity index (χ0v) is 14.2. The number of rotatable bonds is 6. The fraction of sp³-hybridized carbons (Fsp3) is 0.125. The lowest BCUT2D eigenvalue weighted by molar-refractivity contribution is -0.274. The number of alkyl halides is 3. The van der Waals surface area contributed by atoms with Gasteiger partial charge in [0, 0.05) is 0 Å². The Balaban J connectivity index is 1.71. The van der Waals surface area contributed by atoms with Gasteiger partial charge in [-0.3, -0.25) is 4.79 Å². The first kappa shape index (κ1) is 18.8. The van der Waals surface area contributed by atoms with Crippen molar-refractivity contribution in [3.63, 3.8) is 0 Å². The molecule has 0 aliphatic heterocycles. The van der Waals surface area contributed by atoms with Gasteiger partial charge < -0.3 is 4.74 Å². The monoisotopic (exact) mass is 398 g/mol. The van der Waals surface area contributed by atoms with Crippen LogP contribution in [0.4, 0.5) is 17.6 Å². The fourth-order valence-electron chi connectivity index (χ4n) is 2.12. The minimum Gasteiger partial charge on any atom is -0.406 e. The van der Waals surface area contributed by atoms with Crippen LogP contribution in [0.5, 0.6) is 5.75 Å². The first-order chi connectivity index (χ1) is 12.8.